The largest absolute Gasteiger partial charge is 0.478 e. The van der Waals surface area contributed by atoms with E-state index in [1.54, 1.807) is 6.08 Å². The van der Waals surface area contributed by atoms with Crippen molar-refractivity contribution in [3.63, 3.8) is 0 Å². The molecule has 0 saturated carbocycles. The van der Waals surface area contributed by atoms with Crippen LogP contribution in [0.1, 0.15) is 12.8 Å². The number of hydrogen-bond acceptors (Lipinski definition) is 2. The van der Waals surface area contributed by atoms with E-state index in [4.69, 9.17) is 5.11 Å². The highest BCUT2D eigenvalue weighted by Crippen LogP contribution is 2.00. The van der Waals surface area contributed by atoms with Crippen LogP contribution in [0.25, 0.3) is 0 Å². The van der Waals surface area contributed by atoms with E-state index < -0.39 is 5.97 Å². The van der Waals surface area contributed by atoms with Gasteiger partial charge in [-0.25, -0.2) is 4.79 Å². The molecule has 0 saturated heterocycles. The third-order valence-electron chi connectivity index (χ3n) is 1.42. The van der Waals surface area contributed by atoms with Crippen LogP contribution in [-0.2, 0) is 4.79 Å². The number of carboxylic acids is 1. The van der Waals surface area contributed by atoms with E-state index in [1.165, 1.54) is 0 Å². The lowest BCUT2D eigenvalue weighted by Gasteiger charge is -2.01. The van der Waals surface area contributed by atoms with Gasteiger partial charge in [0.2, 0.25) is 0 Å². The van der Waals surface area contributed by atoms with E-state index in [0.29, 0.717) is 6.42 Å². The molecule has 0 aliphatic carbocycles. The number of rotatable bonds is 7. The molecule has 0 aromatic carbocycles. The molecule has 12 heavy (non-hydrogen) atoms. The summed E-state index contributed by atoms with van der Waals surface area (Å²) in [5.74, 6) is -0.904. The summed E-state index contributed by atoms with van der Waals surface area (Å²) in [5.41, 5.74) is 0.274. The molecule has 0 amide bonds. The van der Waals surface area contributed by atoms with Gasteiger partial charge in [0.15, 0.2) is 0 Å². The molecule has 0 aliphatic rings. The SMILES string of the molecule is C=CCNCCCC(=C)C(=O)O. The number of aliphatic carboxylic acids is 1. The Balaban J connectivity index is 3.25. The summed E-state index contributed by atoms with van der Waals surface area (Å²) in [6.07, 6.45) is 3.12. The summed E-state index contributed by atoms with van der Waals surface area (Å²) in [5, 5.41) is 11.5. The molecule has 0 spiro atoms. The summed E-state index contributed by atoms with van der Waals surface area (Å²) in [6, 6.07) is 0. The lowest BCUT2D eigenvalue weighted by Crippen LogP contribution is -2.15. The second-order valence-electron chi connectivity index (χ2n) is 2.51. The van der Waals surface area contributed by atoms with Crippen molar-refractivity contribution >= 4 is 5.97 Å². The molecular formula is C9H15NO2. The molecule has 0 aromatic rings. The van der Waals surface area contributed by atoms with Gasteiger partial charge in [0.05, 0.1) is 0 Å². The zero-order valence-corrected chi connectivity index (χ0v) is 7.18. The average molecular weight is 169 g/mol. The van der Waals surface area contributed by atoms with E-state index in [9.17, 15) is 4.79 Å². The van der Waals surface area contributed by atoms with Gasteiger partial charge in [-0.2, -0.15) is 0 Å². The van der Waals surface area contributed by atoms with Gasteiger partial charge in [-0.05, 0) is 19.4 Å². The smallest absolute Gasteiger partial charge is 0.330 e. The molecule has 0 rings (SSSR count). The van der Waals surface area contributed by atoms with Crippen molar-refractivity contribution in [3.05, 3.63) is 24.8 Å². The first-order valence-electron chi connectivity index (χ1n) is 3.91. The van der Waals surface area contributed by atoms with Crippen molar-refractivity contribution in [2.24, 2.45) is 0 Å². The Hall–Kier alpha value is -1.09. The summed E-state index contributed by atoms with van der Waals surface area (Å²) in [7, 11) is 0. The topological polar surface area (TPSA) is 49.3 Å². The quantitative estimate of drug-likeness (QED) is 0.342. The molecule has 0 fully saturated rings. The molecule has 3 nitrogen and oxygen atoms in total. The molecule has 0 bridgehead atoms. The minimum absolute atomic E-state index is 0.274. The van der Waals surface area contributed by atoms with Crippen molar-refractivity contribution < 1.29 is 9.90 Å². The van der Waals surface area contributed by atoms with Crippen molar-refractivity contribution in [1.82, 2.24) is 5.32 Å². The normalized spacial score (nSPS) is 9.33. The van der Waals surface area contributed by atoms with Gasteiger partial charge in [0.1, 0.15) is 0 Å². The summed E-state index contributed by atoms with van der Waals surface area (Å²) < 4.78 is 0. The minimum atomic E-state index is -0.904. The third-order valence-corrected chi connectivity index (χ3v) is 1.42. The number of carboxylic acid groups (broad SMARTS) is 1. The first-order valence-corrected chi connectivity index (χ1v) is 3.91. The first-order chi connectivity index (χ1) is 5.68. The van der Waals surface area contributed by atoms with Crippen LogP contribution >= 0.6 is 0 Å². The van der Waals surface area contributed by atoms with Gasteiger partial charge in [-0.3, -0.25) is 0 Å². The summed E-state index contributed by atoms with van der Waals surface area (Å²) >= 11 is 0. The molecule has 0 aromatic heterocycles. The Morgan fingerprint density at radius 2 is 2.25 bits per heavy atom. The number of nitrogens with one attached hydrogen (secondary N) is 1. The first kappa shape index (κ1) is 10.9. The predicted molar refractivity (Wildman–Crippen MR) is 49.1 cm³/mol. The Labute approximate surface area is 72.8 Å². The van der Waals surface area contributed by atoms with Crippen LogP contribution in [0.15, 0.2) is 24.8 Å². The second-order valence-corrected chi connectivity index (χ2v) is 2.51. The van der Waals surface area contributed by atoms with E-state index in [1.807, 2.05) is 0 Å². The lowest BCUT2D eigenvalue weighted by atomic mass is 10.2. The van der Waals surface area contributed by atoms with E-state index in [-0.39, 0.29) is 5.57 Å². The molecule has 0 aliphatic heterocycles. The molecule has 0 atom stereocenters. The molecule has 3 heteroatoms. The Morgan fingerprint density at radius 3 is 2.75 bits per heavy atom. The highest BCUT2D eigenvalue weighted by Gasteiger charge is 2.01. The monoisotopic (exact) mass is 169 g/mol. The summed E-state index contributed by atoms with van der Waals surface area (Å²) in [4.78, 5) is 10.3. The van der Waals surface area contributed by atoms with Crippen LogP contribution in [0.2, 0.25) is 0 Å². The molecule has 0 heterocycles. The minimum Gasteiger partial charge on any atom is -0.478 e. The fourth-order valence-electron chi connectivity index (χ4n) is 0.738. The number of carbonyl (C=O) groups is 1. The van der Waals surface area contributed by atoms with Crippen molar-refractivity contribution in [2.45, 2.75) is 12.8 Å². The maximum absolute atomic E-state index is 10.3. The highest BCUT2D eigenvalue weighted by atomic mass is 16.4. The Kier molecular flexibility index (Phi) is 6.01. The standard InChI is InChI=1S/C9H15NO2/c1-3-6-10-7-4-5-8(2)9(11)12/h3,10H,1-2,4-7H2,(H,11,12). The molecule has 0 radical (unpaired) electrons. The molecule has 0 unspecified atom stereocenters. The van der Waals surface area contributed by atoms with E-state index >= 15 is 0 Å². The highest BCUT2D eigenvalue weighted by molar-refractivity contribution is 5.85. The predicted octanol–water partition coefficient (Wildman–Crippen LogP) is 1.18. The second kappa shape index (κ2) is 6.61. The number of hydrogen-bond donors (Lipinski definition) is 2. The average Bonchev–Trinajstić information content (AvgIpc) is 2.03. The van der Waals surface area contributed by atoms with Crippen LogP contribution in [0.5, 0.6) is 0 Å². The zero-order chi connectivity index (χ0) is 9.40. The van der Waals surface area contributed by atoms with Gasteiger partial charge in [0, 0.05) is 12.1 Å². The molecule has 2 N–H and O–H groups in total. The van der Waals surface area contributed by atoms with Crippen LogP contribution in [0, 0.1) is 0 Å². The van der Waals surface area contributed by atoms with Gasteiger partial charge in [-0.15, -0.1) is 6.58 Å². The van der Waals surface area contributed by atoms with Crippen LogP contribution in [0.3, 0.4) is 0 Å². The van der Waals surface area contributed by atoms with Gasteiger partial charge < -0.3 is 10.4 Å². The molecular weight excluding hydrogens is 154 g/mol. The Morgan fingerprint density at radius 1 is 1.58 bits per heavy atom. The van der Waals surface area contributed by atoms with Gasteiger partial charge in [-0.1, -0.05) is 12.7 Å². The molecule has 68 valence electrons. The maximum atomic E-state index is 10.3. The van der Waals surface area contributed by atoms with E-state index in [0.717, 1.165) is 19.5 Å². The van der Waals surface area contributed by atoms with Crippen molar-refractivity contribution in [1.29, 1.82) is 0 Å². The fraction of sp³-hybridized carbons (Fsp3) is 0.444. The lowest BCUT2D eigenvalue weighted by molar-refractivity contribution is -0.132. The Bertz CT molecular complexity index is 175. The van der Waals surface area contributed by atoms with Gasteiger partial charge in [0.25, 0.3) is 0 Å². The van der Waals surface area contributed by atoms with Crippen LogP contribution < -0.4 is 5.32 Å². The third kappa shape index (κ3) is 5.68. The van der Waals surface area contributed by atoms with E-state index in [2.05, 4.69) is 18.5 Å². The van der Waals surface area contributed by atoms with Crippen molar-refractivity contribution in [3.8, 4) is 0 Å². The van der Waals surface area contributed by atoms with Crippen LogP contribution in [-0.4, -0.2) is 24.2 Å². The van der Waals surface area contributed by atoms with Gasteiger partial charge >= 0.3 is 5.97 Å². The summed E-state index contributed by atoms with van der Waals surface area (Å²) in [6.45, 7) is 8.54. The zero-order valence-electron chi connectivity index (χ0n) is 7.18. The van der Waals surface area contributed by atoms with Crippen molar-refractivity contribution in [2.75, 3.05) is 13.1 Å². The fourth-order valence-corrected chi connectivity index (χ4v) is 0.738. The maximum Gasteiger partial charge on any atom is 0.330 e. The van der Waals surface area contributed by atoms with Crippen LogP contribution in [0.4, 0.5) is 0 Å².